The van der Waals surface area contributed by atoms with Gasteiger partial charge in [-0.05, 0) is 36.8 Å². The molecule has 1 heterocycles. The van der Waals surface area contributed by atoms with Crippen molar-refractivity contribution < 1.29 is 14.3 Å². The molecule has 2 aliphatic rings. The molecule has 1 aromatic carbocycles. The molecule has 1 aliphatic carbocycles. The summed E-state index contributed by atoms with van der Waals surface area (Å²) in [4.78, 5) is 11.7. The van der Waals surface area contributed by atoms with Gasteiger partial charge in [0.1, 0.15) is 12.4 Å². The molecule has 0 saturated heterocycles. The topological polar surface area (TPSA) is 47.6 Å². The summed E-state index contributed by atoms with van der Waals surface area (Å²) >= 11 is 0. The van der Waals surface area contributed by atoms with Crippen molar-refractivity contribution in [2.24, 2.45) is 11.8 Å². The van der Waals surface area contributed by atoms with Crippen LogP contribution in [0.4, 0.5) is 0 Å². The van der Waals surface area contributed by atoms with E-state index >= 15 is 0 Å². The summed E-state index contributed by atoms with van der Waals surface area (Å²) in [7, 11) is 0. The second kappa shape index (κ2) is 6.27. The number of amides is 1. The van der Waals surface area contributed by atoms with Crippen LogP contribution in [0, 0.1) is 11.8 Å². The Balaban J connectivity index is 1.37. The molecule has 0 spiro atoms. The predicted molar refractivity (Wildman–Crippen MR) is 75.7 cm³/mol. The SMILES string of the molecule is O=C(COCC1CC1)NC[C@H]1COc2ccccc2C1. The predicted octanol–water partition coefficient (Wildman–Crippen LogP) is 1.78. The number of fused-ring (bicyclic) bond motifs is 1. The lowest BCUT2D eigenvalue weighted by Crippen LogP contribution is -2.36. The number of rotatable bonds is 6. The highest BCUT2D eigenvalue weighted by atomic mass is 16.5. The Morgan fingerprint density at radius 3 is 3.00 bits per heavy atom. The molecular formula is C16H21NO3. The molecule has 1 aromatic rings. The van der Waals surface area contributed by atoms with E-state index in [9.17, 15) is 4.79 Å². The van der Waals surface area contributed by atoms with Crippen LogP contribution in [-0.2, 0) is 16.0 Å². The Bertz CT molecular complexity index is 471. The lowest BCUT2D eigenvalue weighted by molar-refractivity contribution is -0.126. The fourth-order valence-corrected chi connectivity index (χ4v) is 2.43. The zero-order valence-corrected chi connectivity index (χ0v) is 11.6. The van der Waals surface area contributed by atoms with E-state index in [0.717, 1.165) is 18.8 Å². The van der Waals surface area contributed by atoms with E-state index < -0.39 is 0 Å². The largest absolute Gasteiger partial charge is 0.493 e. The van der Waals surface area contributed by atoms with Crippen LogP contribution in [-0.4, -0.2) is 32.3 Å². The molecule has 108 valence electrons. The maximum absolute atomic E-state index is 11.7. The summed E-state index contributed by atoms with van der Waals surface area (Å²) in [6.45, 7) is 2.23. The highest BCUT2D eigenvalue weighted by Gasteiger charge is 2.22. The van der Waals surface area contributed by atoms with Crippen molar-refractivity contribution in [2.75, 3.05) is 26.4 Å². The summed E-state index contributed by atoms with van der Waals surface area (Å²) < 4.78 is 11.1. The molecule has 0 unspecified atom stereocenters. The van der Waals surface area contributed by atoms with Crippen molar-refractivity contribution in [3.8, 4) is 5.75 Å². The number of carbonyl (C=O) groups is 1. The van der Waals surface area contributed by atoms with Crippen LogP contribution >= 0.6 is 0 Å². The maximum atomic E-state index is 11.7. The van der Waals surface area contributed by atoms with Crippen molar-refractivity contribution in [2.45, 2.75) is 19.3 Å². The summed E-state index contributed by atoms with van der Waals surface area (Å²) in [5.41, 5.74) is 1.22. The number of para-hydroxylation sites is 1. The van der Waals surface area contributed by atoms with Crippen LogP contribution in [0.2, 0.25) is 0 Å². The zero-order chi connectivity index (χ0) is 13.8. The summed E-state index contributed by atoms with van der Waals surface area (Å²) in [5.74, 6) is 2.00. The molecule has 0 bridgehead atoms. The lowest BCUT2D eigenvalue weighted by Gasteiger charge is -2.25. The molecule has 1 fully saturated rings. The van der Waals surface area contributed by atoms with Gasteiger partial charge in [-0.15, -0.1) is 0 Å². The molecular weight excluding hydrogens is 254 g/mol. The molecule has 1 atom stereocenters. The third-order valence-electron chi connectivity index (χ3n) is 3.83. The average molecular weight is 275 g/mol. The Morgan fingerprint density at radius 2 is 2.15 bits per heavy atom. The second-order valence-corrected chi connectivity index (χ2v) is 5.75. The van der Waals surface area contributed by atoms with E-state index in [1.54, 1.807) is 0 Å². The van der Waals surface area contributed by atoms with Crippen molar-refractivity contribution in [3.05, 3.63) is 29.8 Å². The van der Waals surface area contributed by atoms with Gasteiger partial charge in [0.05, 0.1) is 13.2 Å². The van der Waals surface area contributed by atoms with E-state index in [1.807, 2.05) is 18.2 Å². The minimum atomic E-state index is -0.0236. The fourth-order valence-electron chi connectivity index (χ4n) is 2.43. The third-order valence-corrected chi connectivity index (χ3v) is 3.83. The molecule has 0 aromatic heterocycles. The second-order valence-electron chi connectivity index (χ2n) is 5.75. The number of carbonyl (C=O) groups excluding carboxylic acids is 1. The standard InChI is InChI=1S/C16H21NO3/c18-16(11-19-9-12-5-6-12)17-8-13-7-14-3-1-2-4-15(14)20-10-13/h1-4,12-13H,5-11H2,(H,17,18)/t13-/m0/s1. The van der Waals surface area contributed by atoms with Crippen LogP contribution in [0.25, 0.3) is 0 Å². The van der Waals surface area contributed by atoms with Crippen molar-refractivity contribution >= 4 is 5.91 Å². The molecule has 1 aliphatic heterocycles. The summed E-state index contributed by atoms with van der Waals surface area (Å²) in [5, 5.41) is 2.93. The van der Waals surface area contributed by atoms with Crippen molar-refractivity contribution in [1.29, 1.82) is 0 Å². The van der Waals surface area contributed by atoms with E-state index in [2.05, 4.69) is 11.4 Å². The third kappa shape index (κ3) is 3.73. The van der Waals surface area contributed by atoms with Gasteiger partial charge in [-0.25, -0.2) is 0 Å². The Morgan fingerprint density at radius 1 is 1.30 bits per heavy atom. The Labute approximate surface area is 119 Å². The number of hydrogen-bond acceptors (Lipinski definition) is 3. The maximum Gasteiger partial charge on any atom is 0.246 e. The molecule has 0 radical (unpaired) electrons. The molecule has 20 heavy (non-hydrogen) atoms. The molecule has 3 rings (SSSR count). The molecule has 1 amide bonds. The van der Waals surface area contributed by atoms with E-state index in [0.29, 0.717) is 25.0 Å². The van der Waals surface area contributed by atoms with E-state index in [-0.39, 0.29) is 12.5 Å². The quantitative estimate of drug-likeness (QED) is 0.861. The first kappa shape index (κ1) is 13.4. The minimum Gasteiger partial charge on any atom is -0.493 e. The highest BCUT2D eigenvalue weighted by Crippen LogP contribution is 2.28. The monoisotopic (exact) mass is 275 g/mol. The van der Waals surface area contributed by atoms with E-state index in [1.165, 1.54) is 18.4 Å². The van der Waals surface area contributed by atoms with Gasteiger partial charge in [0.2, 0.25) is 5.91 Å². The normalized spacial score (nSPS) is 20.9. The Hall–Kier alpha value is -1.55. The van der Waals surface area contributed by atoms with Gasteiger partial charge in [-0.1, -0.05) is 18.2 Å². The number of hydrogen-bond donors (Lipinski definition) is 1. The van der Waals surface area contributed by atoms with Crippen LogP contribution < -0.4 is 10.1 Å². The summed E-state index contributed by atoms with van der Waals surface area (Å²) in [6.07, 6.45) is 3.46. The van der Waals surface area contributed by atoms with Gasteiger partial charge < -0.3 is 14.8 Å². The molecule has 4 heteroatoms. The number of nitrogens with one attached hydrogen (secondary N) is 1. The molecule has 4 nitrogen and oxygen atoms in total. The first-order valence-corrected chi connectivity index (χ1v) is 7.36. The van der Waals surface area contributed by atoms with Gasteiger partial charge in [0.25, 0.3) is 0 Å². The van der Waals surface area contributed by atoms with Crippen LogP contribution in [0.15, 0.2) is 24.3 Å². The Kier molecular flexibility index (Phi) is 4.21. The van der Waals surface area contributed by atoms with Crippen molar-refractivity contribution in [3.63, 3.8) is 0 Å². The number of benzene rings is 1. The van der Waals surface area contributed by atoms with Crippen LogP contribution in [0.1, 0.15) is 18.4 Å². The van der Waals surface area contributed by atoms with Gasteiger partial charge >= 0.3 is 0 Å². The lowest BCUT2D eigenvalue weighted by atomic mass is 9.97. The van der Waals surface area contributed by atoms with E-state index in [4.69, 9.17) is 9.47 Å². The smallest absolute Gasteiger partial charge is 0.246 e. The average Bonchev–Trinajstić information content (AvgIpc) is 3.29. The summed E-state index contributed by atoms with van der Waals surface area (Å²) in [6, 6.07) is 8.09. The van der Waals surface area contributed by atoms with Crippen molar-refractivity contribution in [1.82, 2.24) is 5.32 Å². The van der Waals surface area contributed by atoms with Crippen LogP contribution in [0.3, 0.4) is 0 Å². The van der Waals surface area contributed by atoms with Crippen LogP contribution in [0.5, 0.6) is 5.75 Å². The first-order valence-electron chi connectivity index (χ1n) is 7.36. The van der Waals surface area contributed by atoms with Gasteiger partial charge in [0, 0.05) is 12.5 Å². The molecule has 1 saturated carbocycles. The van der Waals surface area contributed by atoms with Gasteiger partial charge in [0.15, 0.2) is 0 Å². The molecule has 1 N–H and O–H groups in total. The highest BCUT2D eigenvalue weighted by molar-refractivity contribution is 5.77. The fraction of sp³-hybridized carbons (Fsp3) is 0.562. The first-order chi connectivity index (χ1) is 9.81. The zero-order valence-electron chi connectivity index (χ0n) is 11.6. The minimum absolute atomic E-state index is 0.0236. The van der Waals surface area contributed by atoms with Gasteiger partial charge in [-0.3, -0.25) is 4.79 Å². The number of ether oxygens (including phenoxy) is 2. The van der Waals surface area contributed by atoms with Gasteiger partial charge in [-0.2, -0.15) is 0 Å².